The van der Waals surface area contributed by atoms with Crippen molar-refractivity contribution in [2.75, 3.05) is 11.9 Å². The molecule has 5 nitrogen and oxygen atoms in total. The van der Waals surface area contributed by atoms with E-state index in [1.807, 2.05) is 38.1 Å². The summed E-state index contributed by atoms with van der Waals surface area (Å²) < 4.78 is 24.7. The smallest absolute Gasteiger partial charge is 0.266 e. The van der Waals surface area contributed by atoms with Gasteiger partial charge in [-0.25, -0.2) is 4.39 Å². The number of hydrogen-bond acceptors (Lipinski definition) is 4. The molecule has 0 aliphatic heterocycles. The normalized spacial score (nSPS) is 11.0. The molecule has 0 saturated heterocycles. The Hall–Kier alpha value is -3.82. The van der Waals surface area contributed by atoms with Crippen LogP contribution in [0.5, 0.6) is 11.5 Å². The molecule has 0 aliphatic carbocycles. The summed E-state index contributed by atoms with van der Waals surface area (Å²) in [4.78, 5) is 12.7. The fraction of sp³-hybridized carbons (Fsp3) is 0.185. The second-order valence-corrected chi connectivity index (χ2v) is 7.72. The number of nitrogens with zero attached hydrogens (tertiary/aromatic N) is 1. The molecule has 0 fully saturated rings. The van der Waals surface area contributed by atoms with Gasteiger partial charge in [-0.05, 0) is 66.4 Å². The second-order valence-electron chi connectivity index (χ2n) is 7.31. The molecular weight excluding hydrogens is 455 g/mol. The lowest BCUT2D eigenvalue weighted by Gasteiger charge is -2.15. The van der Waals surface area contributed by atoms with Gasteiger partial charge >= 0.3 is 0 Å². The summed E-state index contributed by atoms with van der Waals surface area (Å²) in [5.74, 6) is -0.153. The lowest BCUT2D eigenvalue weighted by atomic mass is 10.1. The van der Waals surface area contributed by atoms with E-state index in [0.29, 0.717) is 29.4 Å². The zero-order valence-electron chi connectivity index (χ0n) is 18.9. The predicted molar refractivity (Wildman–Crippen MR) is 131 cm³/mol. The number of rotatable bonds is 9. The number of para-hydroxylation sites is 1. The zero-order chi connectivity index (χ0) is 24.5. The molecule has 3 aromatic carbocycles. The number of amides is 1. The van der Waals surface area contributed by atoms with Crippen molar-refractivity contribution in [3.8, 4) is 17.6 Å². The molecule has 0 aromatic heterocycles. The number of nitrogens with one attached hydrogen (secondary N) is 1. The molecule has 174 valence electrons. The number of carbonyl (C=O) groups excluding carboxylic acids is 1. The number of benzene rings is 3. The monoisotopic (exact) mass is 478 g/mol. The molecule has 3 rings (SSSR count). The molecule has 1 amide bonds. The number of aryl methyl sites for hydroxylation is 1. The third kappa shape index (κ3) is 6.37. The van der Waals surface area contributed by atoms with Crippen molar-refractivity contribution in [2.24, 2.45) is 0 Å². The average molecular weight is 479 g/mol. The lowest BCUT2D eigenvalue weighted by molar-refractivity contribution is -0.112. The maximum atomic E-state index is 13.1. The van der Waals surface area contributed by atoms with E-state index in [1.165, 1.54) is 18.2 Å². The minimum absolute atomic E-state index is 0.0793. The first-order valence-electron chi connectivity index (χ1n) is 10.8. The summed E-state index contributed by atoms with van der Waals surface area (Å²) in [6.07, 6.45) is 2.19. The molecule has 0 radical (unpaired) electrons. The molecule has 0 aliphatic rings. The van der Waals surface area contributed by atoms with E-state index in [9.17, 15) is 14.4 Å². The van der Waals surface area contributed by atoms with Gasteiger partial charge in [-0.15, -0.1) is 0 Å². The molecule has 0 saturated carbocycles. The highest BCUT2D eigenvalue weighted by atomic mass is 35.5. The third-order valence-corrected chi connectivity index (χ3v) is 5.23. The quantitative estimate of drug-likeness (QED) is 0.279. The number of anilines is 1. The Morgan fingerprint density at radius 1 is 1.12 bits per heavy atom. The van der Waals surface area contributed by atoms with Crippen molar-refractivity contribution in [1.82, 2.24) is 0 Å². The number of hydrogen-bond donors (Lipinski definition) is 1. The van der Waals surface area contributed by atoms with Crippen LogP contribution in [-0.4, -0.2) is 12.5 Å². The topological polar surface area (TPSA) is 71.3 Å². The summed E-state index contributed by atoms with van der Waals surface area (Å²) in [6, 6.07) is 18.6. The van der Waals surface area contributed by atoms with Crippen molar-refractivity contribution in [3.05, 3.63) is 93.8 Å². The van der Waals surface area contributed by atoms with E-state index >= 15 is 0 Å². The van der Waals surface area contributed by atoms with Crippen molar-refractivity contribution in [2.45, 2.75) is 26.9 Å². The second kappa shape index (κ2) is 11.9. The largest absolute Gasteiger partial charge is 0.490 e. The maximum Gasteiger partial charge on any atom is 0.266 e. The van der Waals surface area contributed by atoms with Gasteiger partial charge in [0.2, 0.25) is 0 Å². The van der Waals surface area contributed by atoms with Crippen LogP contribution in [0.3, 0.4) is 0 Å². The summed E-state index contributed by atoms with van der Waals surface area (Å²) in [7, 11) is 0. The Morgan fingerprint density at radius 3 is 2.53 bits per heavy atom. The highest BCUT2D eigenvalue weighted by Gasteiger charge is 2.15. The molecular formula is C27H24ClFN2O3. The molecule has 0 spiro atoms. The molecule has 34 heavy (non-hydrogen) atoms. The van der Waals surface area contributed by atoms with Crippen molar-refractivity contribution < 1.29 is 18.7 Å². The SMILES string of the molecule is CCOc1cc(/C=C(\C#N)C(=O)Nc2ccccc2CC)cc(Cl)c1OCc1ccc(F)cc1. The van der Waals surface area contributed by atoms with Crippen molar-refractivity contribution in [1.29, 1.82) is 5.26 Å². The van der Waals surface area contributed by atoms with Gasteiger partial charge < -0.3 is 14.8 Å². The first-order chi connectivity index (χ1) is 16.4. The van der Waals surface area contributed by atoms with Crippen LogP contribution in [0.25, 0.3) is 6.08 Å². The van der Waals surface area contributed by atoms with Gasteiger partial charge in [0.05, 0.1) is 11.6 Å². The first kappa shape index (κ1) is 24.8. The van der Waals surface area contributed by atoms with Gasteiger partial charge in [0.25, 0.3) is 5.91 Å². The minimum atomic E-state index is -0.519. The summed E-state index contributed by atoms with van der Waals surface area (Å²) in [6.45, 7) is 4.33. The molecule has 0 unspecified atom stereocenters. The molecule has 0 atom stereocenters. The van der Waals surface area contributed by atoms with Gasteiger partial charge in [0.15, 0.2) is 11.5 Å². The molecule has 0 bridgehead atoms. The van der Waals surface area contributed by atoms with Crippen LogP contribution >= 0.6 is 11.6 Å². The van der Waals surface area contributed by atoms with Crippen LogP contribution in [-0.2, 0) is 17.8 Å². The summed E-state index contributed by atoms with van der Waals surface area (Å²) in [5.41, 5.74) is 2.83. The maximum absolute atomic E-state index is 13.1. The summed E-state index contributed by atoms with van der Waals surface area (Å²) in [5, 5.41) is 12.6. The van der Waals surface area contributed by atoms with Gasteiger partial charge in [-0.1, -0.05) is 48.9 Å². The fourth-order valence-corrected chi connectivity index (χ4v) is 3.54. The van der Waals surface area contributed by atoms with E-state index in [1.54, 1.807) is 30.3 Å². The first-order valence-corrected chi connectivity index (χ1v) is 11.2. The van der Waals surface area contributed by atoms with Gasteiger partial charge in [-0.3, -0.25) is 4.79 Å². The van der Waals surface area contributed by atoms with Crippen LogP contribution < -0.4 is 14.8 Å². The third-order valence-electron chi connectivity index (χ3n) is 4.95. The lowest BCUT2D eigenvalue weighted by Crippen LogP contribution is -2.14. The number of nitriles is 1. The zero-order valence-corrected chi connectivity index (χ0v) is 19.7. The Labute approximate surface area is 203 Å². The minimum Gasteiger partial charge on any atom is -0.490 e. The highest BCUT2D eigenvalue weighted by Crippen LogP contribution is 2.38. The number of ether oxygens (including phenoxy) is 2. The Morgan fingerprint density at radius 2 is 1.85 bits per heavy atom. The van der Waals surface area contributed by atoms with E-state index in [-0.39, 0.29) is 23.0 Å². The van der Waals surface area contributed by atoms with Crippen molar-refractivity contribution in [3.63, 3.8) is 0 Å². The van der Waals surface area contributed by atoms with Crippen LogP contribution in [0, 0.1) is 17.1 Å². The van der Waals surface area contributed by atoms with E-state index < -0.39 is 5.91 Å². The fourth-order valence-electron chi connectivity index (χ4n) is 3.27. The summed E-state index contributed by atoms with van der Waals surface area (Å²) >= 11 is 6.46. The highest BCUT2D eigenvalue weighted by molar-refractivity contribution is 6.32. The Kier molecular flexibility index (Phi) is 8.66. The van der Waals surface area contributed by atoms with Gasteiger partial charge in [-0.2, -0.15) is 5.26 Å². The van der Waals surface area contributed by atoms with Crippen LogP contribution in [0.15, 0.2) is 66.2 Å². The Balaban J connectivity index is 1.85. The van der Waals surface area contributed by atoms with Crippen LogP contribution in [0.2, 0.25) is 5.02 Å². The van der Waals surface area contributed by atoms with Crippen LogP contribution in [0.4, 0.5) is 10.1 Å². The van der Waals surface area contributed by atoms with Crippen molar-refractivity contribution >= 4 is 29.3 Å². The van der Waals surface area contributed by atoms with Crippen LogP contribution in [0.1, 0.15) is 30.5 Å². The molecule has 0 heterocycles. The predicted octanol–water partition coefficient (Wildman–Crippen LogP) is 6.56. The van der Waals surface area contributed by atoms with E-state index in [0.717, 1.165) is 17.5 Å². The Bertz CT molecular complexity index is 1230. The van der Waals surface area contributed by atoms with E-state index in [2.05, 4.69) is 5.32 Å². The molecule has 7 heteroatoms. The van der Waals surface area contributed by atoms with Gasteiger partial charge in [0, 0.05) is 5.69 Å². The van der Waals surface area contributed by atoms with Gasteiger partial charge in [0.1, 0.15) is 24.1 Å². The van der Waals surface area contributed by atoms with E-state index in [4.69, 9.17) is 21.1 Å². The standard InChI is InChI=1S/C27H24ClFN2O3/c1-3-20-7-5-6-8-24(20)31-27(32)21(16-30)13-19-14-23(28)26(25(15-19)33-4-2)34-17-18-9-11-22(29)12-10-18/h5-15H,3-4,17H2,1-2H3,(H,31,32)/b21-13+. The number of halogens is 2. The number of carbonyl (C=O) groups is 1. The molecule has 3 aromatic rings. The molecule has 1 N–H and O–H groups in total. The average Bonchev–Trinajstić information content (AvgIpc) is 2.83.